The minimum atomic E-state index is -0.184. The van der Waals surface area contributed by atoms with Crippen molar-refractivity contribution < 1.29 is 14.1 Å². The first-order valence-corrected chi connectivity index (χ1v) is 10.6. The van der Waals surface area contributed by atoms with Gasteiger partial charge in [0.05, 0.1) is 6.61 Å². The zero-order valence-corrected chi connectivity index (χ0v) is 17.5. The van der Waals surface area contributed by atoms with Gasteiger partial charge in [0, 0.05) is 18.5 Å². The molecule has 6 heteroatoms. The molecule has 3 aromatic rings. The van der Waals surface area contributed by atoms with Gasteiger partial charge in [0.2, 0.25) is 17.6 Å². The van der Waals surface area contributed by atoms with Gasteiger partial charge in [0.1, 0.15) is 11.8 Å². The van der Waals surface area contributed by atoms with Gasteiger partial charge < -0.3 is 14.2 Å². The molecule has 30 heavy (non-hydrogen) atoms. The van der Waals surface area contributed by atoms with Crippen LogP contribution in [-0.4, -0.2) is 27.6 Å². The number of aromatic nitrogens is 2. The van der Waals surface area contributed by atoms with Crippen molar-refractivity contribution in [3.63, 3.8) is 0 Å². The molecule has 2 aromatic carbocycles. The molecule has 1 atom stereocenters. The summed E-state index contributed by atoms with van der Waals surface area (Å²) in [5.41, 5.74) is 3.16. The van der Waals surface area contributed by atoms with E-state index in [0.717, 1.165) is 29.7 Å². The Morgan fingerprint density at radius 2 is 1.90 bits per heavy atom. The Labute approximate surface area is 176 Å². The summed E-state index contributed by atoms with van der Waals surface area (Å²) in [5.74, 6) is 1.97. The molecule has 2 heterocycles. The number of unbranched alkanes of at least 4 members (excludes halogenated alkanes) is 1. The number of hydrogen-bond acceptors (Lipinski definition) is 5. The van der Waals surface area contributed by atoms with Gasteiger partial charge in [-0.15, -0.1) is 0 Å². The second kappa shape index (κ2) is 9.11. The summed E-state index contributed by atoms with van der Waals surface area (Å²) in [6.07, 6.45) is 3.33. The van der Waals surface area contributed by atoms with Crippen molar-refractivity contribution in [1.29, 1.82) is 0 Å². The summed E-state index contributed by atoms with van der Waals surface area (Å²) in [4.78, 5) is 18.9. The Morgan fingerprint density at radius 1 is 1.13 bits per heavy atom. The van der Waals surface area contributed by atoms with Crippen molar-refractivity contribution >= 4 is 5.91 Å². The molecular formula is C24H27N3O3. The highest BCUT2D eigenvalue weighted by Gasteiger charge is 2.36. The summed E-state index contributed by atoms with van der Waals surface area (Å²) in [5, 5.41) is 4.15. The number of likely N-dealkylation sites (tertiary alicyclic amines) is 1. The van der Waals surface area contributed by atoms with E-state index in [1.807, 2.05) is 29.2 Å². The minimum Gasteiger partial charge on any atom is -0.494 e. The van der Waals surface area contributed by atoms with E-state index >= 15 is 0 Å². The number of aryl methyl sites for hydroxylation is 1. The molecule has 1 saturated heterocycles. The number of rotatable bonds is 8. The zero-order chi connectivity index (χ0) is 20.9. The van der Waals surface area contributed by atoms with E-state index in [1.54, 1.807) is 0 Å². The van der Waals surface area contributed by atoms with E-state index in [-0.39, 0.29) is 11.9 Å². The molecule has 6 nitrogen and oxygen atoms in total. The number of nitrogens with zero attached hydrogens (tertiary/aromatic N) is 3. The van der Waals surface area contributed by atoms with E-state index < -0.39 is 0 Å². The maximum Gasteiger partial charge on any atom is 0.249 e. The van der Waals surface area contributed by atoms with Crippen molar-refractivity contribution in [1.82, 2.24) is 15.0 Å². The number of carbonyl (C=O) groups excluding carboxylic acids is 1. The lowest BCUT2D eigenvalue weighted by atomic mass is 10.1. The quantitative estimate of drug-likeness (QED) is 0.489. The third kappa shape index (κ3) is 4.53. The highest BCUT2D eigenvalue weighted by molar-refractivity contribution is 5.78. The van der Waals surface area contributed by atoms with Crippen LogP contribution in [0.1, 0.15) is 55.7 Å². The van der Waals surface area contributed by atoms with E-state index in [2.05, 4.69) is 48.3 Å². The fourth-order valence-corrected chi connectivity index (χ4v) is 3.60. The summed E-state index contributed by atoms with van der Waals surface area (Å²) in [6.45, 7) is 5.46. The Bertz CT molecular complexity index is 980. The van der Waals surface area contributed by atoms with Crippen LogP contribution in [0.15, 0.2) is 53.1 Å². The third-order valence-corrected chi connectivity index (χ3v) is 5.41. The Hall–Kier alpha value is -3.15. The fourth-order valence-electron chi connectivity index (χ4n) is 3.60. The topological polar surface area (TPSA) is 68.5 Å². The minimum absolute atomic E-state index is 0.119. The molecule has 0 aliphatic carbocycles. The summed E-state index contributed by atoms with van der Waals surface area (Å²) in [7, 11) is 0. The lowest BCUT2D eigenvalue weighted by Gasteiger charge is -2.22. The lowest BCUT2D eigenvalue weighted by molar-refractivity contribution is -0.129. The van der Waals surface area contributed by atoms with Crippen LogP contribution in [0.25, 0.3) is 11.4 Å². The third-order valence-electron chi connectivity index (χ3n) is 5.41. The van der Waals surface area contributed by atoms with Crippen molar-refractivity contribution in [3.05, 3.63) is 65.5 Å². The Morgan fingerprint density at radius 3 is 2.63 bits per heavy atom. The Kier molecular flexibility index (Phi) is 6.12. The van der Waals surface area contributed by atoms with Crippen molar-refractivity contribution in [2.75, 3.05) is 6.61 Å². The summed E-state index contributed by atoms with van der Waals surface area (Å²) in [6, 6.07) is 15.8. The van der Waals surface area contributed by atoms with E-state index in [4.69, 9.17) is 9.26 Å². The van der Waals surface area contributed by atoms with Gasteiger partial charge in [-0.1, -0.05) is 48.3 Å². The van der Waals surface area contributed by atoms with E-state index in [1.165, 1.54) is 5.56 Å². The number of ether oxygens (including phenoxy) is 1. The average Bonchev–Trinajstić information content (AvgIpc) is 3.38. The second-order valence-corrected chi connectivity index (χ2v) is 7.74. The van der Waals surface area contributed by atoms with Crippen molar-refractivity contribution in [3.8, 4) is 17.1 Å². The van der Waals surface area contributed by atoms with Crippen LogP contribution in [0.2, 0.25) is 0 Å². The molecule has 1 fully saturated rings. The van der Waals surface area contributed by atoms with E-state index in [0.29, 0.717) is 37.7 Å². The van der Waals surface area contributed by atoms with Crippen LogP contribution in [-0.2, 0) is 11.3 Å². The van der Waals surface area contributed by atoms with Crippen LogP contribution in [0.3, 0.4) is 0 Å². The molecule has 1 aliphatic rings. The highest BCUT2D eigenvalue weighted by Crippen LogP contribution is 2.34. The average molecular weight is 405 g/mol. The van der Waals surface area contributed by atoms with Gasteiger partial charge >= 0.3 is 0 Å². The molecule has 1 unspecified atom stereocenters. The molecule has 1 amide bonds. The van der Waals surface area contributed by atoms with Gasteiger partial charge in [-0.3, -0.25) is 4.79 Å². The smallest absolute Gasteiger partial charge is 0.249 e. The van der Waals surface area contributed by atoms with Gasteiger partial charge in [-0.25, -0.2) is 0 Å². The predicted octanol–water partition coefficient (Wildman–Crippen LogP) is 5.09. The van der Waals surface area contributed by atoms with Gasteiger partial charge in [-0.2, -0.15) is 4.98 Å². The molecule has 1 aliphatic heterocycles. The van der Waals surface area contributed by atoms with Crippen LogP contribution in [0.4, 0.5) is 0 Å². The first-order valence-electron chi connectivity index (χ1n) is 10.6. The lowest BCUT2D eigenvalue weighted by Crippen LogP contribution is -2.27. The molecule has 4 rings (SSSR count). The molecule has 0 bridgehead atoms. The molecule has 0 N–H and O–H groups in total. The van der Waals surface area contributed by atoms with Crippen LogP contribution in [0, 0.1) is 6.92 Å². The normalized spacial score (nSPS) is 16.3. The number of carbonyl (C=O) groups is 1. The summed E-state index contributed by atoms with van der Waals surface area (Å²) >= 11 is 0. The molecule has 0 saturated carbocycles. The molecule has 0 spiro atoms. The predicted molar refractivity (Wildman–Crippen MR) is 114 cm³/mol. The monoisotopic (exact) mass is 405 g/mol. The Balaban J connectivity index is 1.47. The fraction of sp³-hybridized carbons (Fsp3) is 0.375. The first-order chi connectivity index (χ1) is 14.6. The number of amides is 1. The van der Waals surface area contributed by atoms with Gasteiger partial charge in [0.15, 0.2) is 0 Å². The second-order valence-electron chi connectivity index (χ2n) is 7.74. The van der Waals surface area contributed by atoms with Crippen LogP contribution >= 0.6 is 0 Å². The molecule has 1 aromatic heterocycles. The largest absolute Gasteiger partial charge is 0.494 e. The maximum absolute atomic E-state index is 12.5. The van der Waals surface area contributed by atoms with E-state index in [9.17, 15) is 4.79 Å². The number of hydrogen-bond donors (Lipinski definition) is 0. The van der Waals surface area contributed by atoms with Gasteiger partial charge in [0.25, 0.3) is 0 Å². The SMILES string of the molecule is CCCCOc1ccc(-c2noc(C3CCC(=O)N3Cc3ccc(C)cc3)n2)cc1. The standard InChI is InChI=1S/C24H27N3O3/c1-3-4-15-29-20-11-9-19(10-12-20)23-25-24(30-26-23)21-13-14-22(28)27(21)16-18-7-5-17(2)6-8-18/h5-12,21H,3-4,13-16H2,1-2H3. The highest BCUT2D eigenvalue weighted by atomic mass is 16.5. The van der Waals surface area contributed by atoms with Crippen LogP contribution in [0.5, 0.6) is 5.75 Å². The maximum atomic E-state index is 12.5. The van der Waals surface area contributed by atoms with Crippen LogP contribution < -0.4 is 4.74 Å². The zero-order valence-electron chi connectivity index (χ0n) is 17.5. The molecular weight excluding hydrogens is 378 g/mol. The number of benzene rings is 2. The van der Waals surface area contributed by atoms with Crippen molar-refractivity contribution in [2.24, 2.45) is 0 Å². The molecule has 156 valence electrons. The first kappa shape index (κ1) is 20.1. The van der Waals surface area contributed by atoms with Crippen molar-refractivity contribution in [2.45, 2.75) is 52.1 Å². The summed E-state index contributed by atoms with van der Waals surface area (Å²) < 4.78 is 11.3. The molecule has 0 radical (unpaired) electrons. The van der Waals surface area contributed by atoms with Gasteiger partial charge in [-0.05, 0) is 49.6 Å².